The highest BCUT2D eigenvalue weighted by Crippen LogP contribution is 2.24. The van der Waals surface area contributed by atoms with Gasteiger partial charge in [0.25, 0.3) is 0 Å². The first-order valence-corrected chi connectivity index (χ1v) is 6.49. The standard InChI is InChI=1S/C16H22N2/c1-12-6-8-14(9-7-12)13(2)18-11-15(10-17-18)16(3,4)5/h6-11,13H,1-5H3. The molecule has 0 aliphatic heterocycles. The minimum Gasteiger partial charge on any atom is -0.265 e. The van der Waals surface area contributed by atoms with Gasteiger partial charge < -0.3 is 0 Å². The third kappa shape index (κ3) is 2.63. The largest absolute Gasteiger partial charge is 0.265 e. The molecule has 96 valence electrons. The fourth-order valence-corrected chi connectivity index (χ4v) is 1.93. The van der Waals surface area contributed by atoms with E-state index in [0.717, 1.165) is 0 Å². The van der Waals surface area contributed by atoms with E-state index in [9.17, 15) is 0 Å². The van der Waals surface area contributed by atoms with Crippen molar-refractivity contribution in [2.75, 3.05) is 0 Å². The van der Waals surface area contributed by atoms with E-state index < -0.39 is 0 Å². The molecule has 1 aromatic heterocycles. The summed E-state index contributed by atoms with van der Waals surface area (Å²) in [5, 5.41) is 4.50. The van der Waals surface area contributed by atoms with Gasteiger partial charge in [0, 0.05) is 6.20 Å². The highest BCUT2D eigenvalue weighted by Gasteiger charge is 2.17. The minimum atomic E-state index is 0.158. The van der Waals surface area contributed by atoms with Crippen molar-refractivity contribution >= 4 is 0 Å². The summed E-state index contributed by atoms with van der Waals surface area (Å²) in [6, 6.07) is 8.94. The molecule has 0 radical (unpaired) electrons. The summed E-state index contributed by atoms with van der Waals surface area (Å²) >= 11 is 0. The maximum atomic E-state index is 4.50. The number of benzene rings is 1. The SMILES string of the molecule is Cc1ccc(C(C)n2cc(C(C)(C)C)cn2)cc1. The second-order valence-electron chi connectivity index (χ2n) is 6.05. The molecular weight excluding hydrogens is 220 g/mol. The van der Waals surface area contributed by atoms with Gasteiger partial charge in [-0.1, -0.05) is 50.6 Å². The van der Waals surface area contributed by atoms with Crippen molar-refractivity contribution in [2.45, 2.75) is 46.1 Å². The molecule has 1 unspecified atom stereocenters. The van der Waals surface area contributed by atoms with Crippen LogP contribution in [0.15, 0.2) is 36.7 Å². The molecule has 0 saturated heterocycles. The van der Waals surface area contributed by atoms with Crippen LogP contribution in [0.5, 0.6) is 0 Å². The van der Waals surface area contributed by atoms with Crippen LogP contribution in [-0.4, -0.2) is 9.78 Å². The third-order valence-corrected chi connectivity index (χ3v) is 3.42. The lowest BCUT2D eigenvalue weighted by Crippen LogP contribution is -2.11. The molecule has 0 saturated carbocycles. The quantitative estimate of drug-likeness (QED) is 0.775. The fraction of sp³-hybridized carbons (Fsp3) is 0.438. The van der Waals surface area contributed by atoms with Crippen LogP contribution in [0.3, 0.4) is 0 Å². The molecule has 0 fully saturated rings. The molecule has 2 heteroatoms. The maximum absolute atomic E-state index is 4.50. The Morgan fingerprint density at radius 1 is 1.11 bits per heavy atom. The predicted octanol–water partition coefficient (Wildman–Crippen LogP) is 4.10. The summed E-state index contributed by atoms with van der Waals surface area (Å²) in [5.41, 5.74) is 4.03. The Kier molecular flexibility index (Phi) is 3.29. The van der Waals surface area contributed by atoms with E-state index in [1.807, 2.05) is 10.9 Å². The first-order valence-electron chi connectivity index (χ1n) is 6.49. The van der Waals surface area contributed by atoms with Crippen LogP contribution in [0.4, 0.5) is 0 Å². The van der Waals surface area contributed by atoms with Crippen LogP contribution in [0, 0.1) is 6.92 Å². The zero-order chi connectivity index (χ0) is 13.3. The Balaban J connectivity index is 2.26. The molecule has 0 amide bonds. The third-order valence-electron chi connectivity index (χ3n) is 3.42. The molecule has 0 N–H and O–H groups in total. The zero-order valence-corrected chi connectivity index (χ0v) is 11.9. The van der Waals surface area contributed by atoms with Gasteiger partial charge in [-0.2, -0.15) is 5.10 Å². The smallest absolute Gasteiger partial charge is 0.0740 e. The molecule has 0 bridgehead atoms. The monoisotopic (exact) mass is 242 g/mol. The number of rotatable bonds is 2. The summed E-state index contributed by atoms with van der Waals surface area (Å²) in [6.07, 6.45) is 4.13. The molecule has 0 aliphatic rings. The van der Waals surface area contributed by atoms with E-state index in [0.29, 0.717) is 0 Å². The first-order chi connectivity index (χ1) is 8.38. The summed E-state index contributed by atoms with van der Waals surface area (Å²) in [4.78, 5) is 0. The second-order valence-corrected chi connectivity index (χ2v) is 6.05. The fourth-order valence-electron chi connectivity index (χ4n) is 1.93. The molecule has 1 atom stereocenters. The summed E-state index contributed by atoms with van der Waals surface area (Å²) in [6.45, 7) is 10.9. The summed E-state index contributed by atoms with van der Waals surface area (Å²) < 4.78 is 2.05. The number of aryl methyl sites for hydroxylation is 1. The van der Waals surface area contributed by atoms with Gasteiger partial charge in [-0.15, -0.1) is 0 Å². The van der Waals surface area contributed by atoms with Crippen LogP contribution in [0.1, 0.15) is 50.4 Å². The van der Waals surface area contributed by atoms with Gasteiger partial charge in [0.05, 0.1) is 12.2 Å². The van der Waals surface area contributed by atoms with Crippen molar-refractivity contribution in [2.24, 2.45) is 0 Å². The van der Waals surface area contributed by atoms with E-state index in [2.05, 4.69) is 70.2 Å². The highest BCUT2D eigenvalue weighted by atomic mass is 15.3. The van der Waals surface area contributed by atoms with Crippen molar-refractivity contribution in [3.05, 3.63) is 53.3 Å². The van der Waals surface area contributed by atoms with Crippen LogP contribution >= 0.6 is 0 Å². The second kappa shape index (κ2) is 4.60. The molecule has 18 heavy (non-hydrogen) atoms. The zero-order valence-electron chi connectivity index (χ0n) is 11.9. The molecule has 0 spiro atoms. The average molecular weight is 242 g/mol. The maximum Gasteiger partial charge on any atom is 0.0740 e. The van der Waals surface area contributed by atoms with Gasteiger partial charge in [-0.25, -0.2) is 0 Å². The highest BCUT2D eigenvalue weighted by molar-refractivity contribution is 5.25. The number of nitrogens with zero attached hydrogens (tertiary/aromatic N) is 2. The summed E-state index contributed by atoms with van der Waals surface area (Å²) in [7, 11) is 0. The molecule has 1 aromatic carbocycles. The topological polar surface area (TPSA) is 17.8 Å². The van der Waals surface area contributed by atoms with Crippen LogP contribution in [0.25, 0.3) is 0 Å². The van der Waals surface area contributed by atoms with Crippen molar-refractivity contribution in [1.29, 1.82) is 0 Å². The van der Waals surface area contributed by atoms with E-state index in [-0.39, 0.29) is 11.5 Å². The van der Waals surface area contributed by atoms with Gasteiger partial charge in [-0.3, -0.25) is 4.68 Å². The number of hydrogen-bond acceptors (Lipinski definition) is 1. The Bertz CT molecular complexity index is 515. The Hall–Kier alpha value is -1.57. The van der Waals surface area contributed by atoms with E-state index in [4.69, 9.17) is 0 Å². The number of aromatic nitrogens is 2. The lowest BCUT2D eigenvalue weighted by Gasteiger charge is -2.16. The van der Waals surface area contributed by atoms with Crippen molar-refractivity contribution in [3.63, 3.8) is 0 Å². The lowest BCUT2D eigenvalue weighted by molar-refractivity contribution is 0.556. The van der Waals surface area contributed by atoms with E-state index in [1.165, 1.54) is 16.7 Å². The average Bonchev–Trinajstić information content (AvgIpc) is 2.78. The molecular formula is C16H22N2. The number of hydrogen-bond donors (Lipinski definition) is 0. The van der Waals surface area contributed by atoms with Crippen LogP contribution in [-0.2, 0) is 5.41 Å². The van der Waals surface area contributed by atoms with Crippen molar-refractivity contribution in [1.82, 2.24) is 9.78 Å². The van der Waals surface area contributed by atoms with Gasteiger partial charge in [0.2, 0.25) is 0 Å². The Labute approximate surface area is 110 Å². The Morgan fingerprint density at radius 2 is 1.72 bits per heavy atom. The van der Waals surface area contributed by atoms with Crippen LogP contribution in [0.2, 0.25) is 0 Å². The van der Waals surface area contributed by atoms with Gasteiger partial charge in [0.1, 0.15) is 0 Å². The minimum absolute atomic E-state index is 0.158. The Morgan fingerprint density at radius 3 is 2.22 bits per heavy atom. The van der Waals surface area contributed by atoms with Gasteiger partial charge in [0.15, 0.2) is 0 Å². The van der Waals surface area contributed by atoms with E-state index >= 15 is 0 Å². The predicted molar refractivity (Wildman–Crippen MR) is 75.9 cm³/mol. The van der Waals surface area contributed by atoms with E-state index in [1.54, 1.807) is 0 Å². The molecule has 2 aromatic rings. The molecule has 2 nitrogen and oxygen atoms in total. The van der Waals surface area contributed by atoms with Crippen molar-refractivity contribution < 1.29 is 0 Å². The van der Waals surface area contributed by atoms with Gasteiger partial charge in [-0.05, 0) is 30.4 Å². The lowest BCUT2D eigenvalue weighted by atomic mass is 9.90. The molecule has 2 rings (SSSR count). The van der Waals surface area contributed by atoms with Gasteiger partial charge >= 0.3 is 0 Å². The first kappa shape index (κ1) is 12.9. The molecule has 1 heterocycles. The summed E-state index contributed by atoms with van der Waals surface area (Å²) in [5.74, 6) is 0. The van der Waals surface area contributed by atoms with Crippen molar-refractivity contribution in [3.8, 4) is 0 Å². The molecule has 0 aliphatic carbocycles. The van der Waals surface area contributed by atoms with Crippen LogP contribution < -0.4 is 0 Å². The normalized spacial score (nSPS) is 13.6.